The Hall–Kier alpha value is -0.860. The third kappa shape index (κ3) is 2.83. The number of rotatable bonds is 5. The summed E-state index contributed by atoms with van der Waals surface area (Å²) >= 11 is 0. The summed E-state index contributed by atoms with van der Waals surface area (Å²) in [5.41, 5.74) is 8.28. The maximum Gasteiger partial charge on any atom is 0.0234 e. The Kier molecular flexibility index (Phi) is 3.97. The van der Waals surface area contributed by atoms with Crippen molar-refractivity contribution in [2.75, 3.05) is 13.1 Å². The normalized spacial score (nSPS) is 17.4. The van der Waals surface area contributed by atoms with Gasteiger partial charge in [0.15, 0.2) is 0 Å². The lowest BCUT2D eigenvalue weighted by Crippen LogP contribution is -2.45. The fraction of sp³-hybridized carbons (Fsp3) is 0.571. The molecule has 2 rings (SSSR count). The van der Waals surface area contributed by atoms with Crippen molar-refractivity contribution in [2.45, 2.75) is 32.9 Å². The number of nitrogens with zero attached hydrogens (tertiary/aromatic N) is 1. The first-order valence-corrected chi connectivity index (χ1v) is 6.32. The van der Waals surface area contributed by atoms with E-state index in [1.807, 2.05) is 0 Å². The zero-order chi connectivity index (χ0) is 11.4. The van der Waals surface area contributed by atoms with Gasteiger partial charge in [-0.3, -0.25) is 4.90 Å². The minimum Gasteiger partial charge on any atom is -0.326 e. The number of nitrogens with two attached hydrogens (primary N) is 1. The van der Waals surface area contributed by atoms with E-state index in [4.69, 9.17) is 5.73 Å². The Morgan fingerprint density at radius 3 is 2.75 bits per heavy atom. The first-order valence-electron chi connectivity index (χ1n) is 6.32. The molecule has 0 aliphatic carbocycles. The van der Waals surface area contributed by atoms with Gasteiger partial charge in [-0.1, -0.05) is 37.6 Å². The summed E-state index contributed by atoms with van der Waals surface area (Å²) in [6, 6.07) is 8.64. The lowest BCUT2D eigenvalue weighted by atomic mass is 9.94. The molecule has 0 unspecified atom stereocenters. The molecule has 16 heavy (non-hydrogen) atoms. The standard InChI is InChI=1S/C14H22N2/c1-2-4-14-10-16(11-14)9-13-6-3-5-12(7-13)8-15/h3,5-7,14H,2,4,8-11,15H2,1H3. The molecule has 1 heterocycles. The van der Waals surface area contributed by atoms with Crippen molar-refractivity contribution >= 4 is 0 Å². The SMILES string of the molecule is CCCC1CN(Cc2cccc(CN)c2)C1. The van der Waals surface area contributed by atoms with Crippen molar-refractivity contribution in [3.05, 3.63) is 35.4 Å². The maximum atomic E-state index is 5.64. The summed E-state index contributed by atoms with van der Waals surface area (Å²) in [7, 11) is 0. The summed E-state index contributed by atoms with van der Waals surface area (Å²) in [6.07, 6.45) is 2.71. The van der Waals surface area contributed by atoms with Gasteiger partial charge in [0.25, 0.3) is 0 Å². The molecule has 2 heteroatoms. The third-order valence-corrected chi connectivity index (χ3v) is 3.36. The van der Waals surface area contributed by atoms with Crippen molar-refractivity contribution < 1.29 is 0 Å². The van der Waals surface area contributed by atoms with Gasteiger partial charge in [0.2, 0.25) is 0 Å². The minimum atomic E-state index is 0.645. The monoisotopic (exact) mass is 218 g/mol. The van der Waals surface area contributed by atoms with Crippen molar-refractivity contribution in [3.8, 4) is 0 Å². The molecule has 0 saturated carbocycles. The quantitative estimate of drug-likeness (QED) is 0.822. The van der Waals surface area contributed by atoms with E-state index in [-0.39, 0.29) is 0 Å². The highest BCUT2D eigenvalue weighted by Gasteiger charge is 2.25. The average Bonchev–Trinajstić information content (AvgIpc) is 2.27. The number of hydrogen-bond donors (Lipinski definition) is 1. The smallest absolute Gasteiger partial charge is 0.0234 e. The summed E-state index contributed by atoms with van der Waals surface area (Å²) in [4.78, 5) is 2.52. The summed E-state index contributed by atoms with van der Waals surface area (Å²) < 4.78 is 0. The molecule has 2 nitrogen and oxygen atoms in total. The largest absolute Gasteiger partial charge is 0.326 e. The lowest BCUT2D eigenvalue weighted by Gasteiger charge is -2.39. The van der Waals surface area contributed by atoms with E-state index in [0.717, 1.165) is 12.5 Å². The summed E-state index contributed by atoms with van der Waals surface area (Å²) in [5, 5.41) is 0. The van der Waals surface area contributed by atoms with Crippen LogP contribution in [0.2, 0.25) is 0 Å². The van der Waals surface area contributed by atoms with Gasteiger partial charge in [0.05, 0.1) is 0 Å². The molecule has 88 valence electrons. The van der Waals surface area contributed by atoms with Crippen LogP contribution >= 0.6 is 0 Å². The molecule has 2 N–H and O–H groups in total. The Labute approximate surface area is 98.4 Å². The first-order chi connectivity index (χ1) is 7.81. The van der Waals surface area contributed by atoms with Gasteiger partial charge in [0, 0.05) is 26.2 Å². The van der Waals surface area contributed by atoms with Crippen molar-refractivity contribution in [1.29, 1.82) is 0 Å². The molecule has 0 radical (unpaired) electrons. The highest BCUT2D eigenvalue weighted by Crippen LogP contribution is 2.22. The molecule has 1 fully saturated rings. The van der Waals surface area contributed by atoms with E-state index in [9.17, 15) is 0 Å². The van der Waals surface area contributed by atoms with Crippen LogP contribution in [0.25, 0.3) is 0 Å². The van der Waals surface area contributed by atoms with Gasteiger partial charge in [-0.05, 0) is 23.5 Å². The van der Waals surface area contributed by atoms with Crippen LogP contribution in [0.3, 0.4) is 0 Å². The van der Waals surface area contributed by atoms with E-state index in [1.54, 1.807) is 0 Å². The van der Waals surface area contributed by atoms with Gasteiger partial charge in [-0.2, -0.15) is 0 Å². The molecule has 1 aliphatic rings. The summed E-state index contributed by atoms with van der Waals surface area (Å²) in [6.45, 7) is 6.56. The topological polar surface area (TPSA) is 29.3 Å². The number of likely N-dealkylation sites (tertiary alicyclic amines) is 1. The first kappa shape index (κ1) is 11.6. The lowest BCUT2D eigenvalue weighted by molar-refractivity contribution is 0.0859. The van der Waals surface area contributed by atoms with Crippen LogP contribution in [-0.4, -0.2) is 18.0 Å². The van der Waals surface area contributed by atoms with Gasteiger partial charge in [-0.25, -0.2) is 0 Å². The van der Waals surface area contributed by atoms with E-state index in [2.05, 4.69) is 36.1 Å². The predicted octanol–water partition coefficient (Wildman–Crippen LogP) is 2.38. The Balaban J connectivity index is 1.82. The molecule has 0 spiro atoms. The van der Waals surface area contributed by atoms with Crippen LogP contribution in [0.15, 0.2) is 24.3 Å². The van der Waals surface area contributed by atoms with Crippen LogP contribution in [0.5, 0.6) is 0 Å². The van der Waals surface area contributed by atoms with Crippen LogP contribution in [0, 0.1) is 5.92 Å². The second-order valence-electron chi connectivity index (χ2n) is 4.87. The number of benzene rings is 1. The zero-order valence-corrected chi connectivity index (χ0v) is 10.2. The molecule has 0 aromatic heterocycles. The third-order valence-electron chi connectivity index (χ3n) is 3.36. The Bertz CT molecular complexity index is 329. The van der Waals surface area contributed by atoms with E-state index in [1.165, 1.54) is 37.1 Å². The minimum absolute atomic E-state index is 0.645. The maximum absolute atomic E-state index is 5.64. The fourth-order valence-electron chi connectivity index (χ4n) is 2.51. The molecular weight excluding hydrogens is 196 g/mol. The molecule has 1 aliphatic heterocycles. The zero-order valence-electron chi connectivity index (χ0n) is 10.2. The van der Waals surface area contributed by atoms with E-state index in [0.29, 0.717) is 6.54 Å². The molecule has 0 bridgehead atoms. The Morgan fingerprint density at radius 1 is 1.31 bits per heavy atom. The van der Waals surface area contributed by atoms with Crippen molar-refractivity contribution in [2.24, 2.45) is 11.7 Å². The second-order valence-corrected chi connectivity index (χ2v) is 4.87. The predicted molar refractivity (Wildman–Crippen MR) is 68.0 cm³/mol. The molecule has 1 aromatic carbocycles. The summed E-state index contributed by atoms with van der Waals surface area (Å²) in [5.74, 6) is 0.947. The average molecular weight is 218 g/mol. The van der Waals surface area contributed by atoms with E-state index < -0.39 is 0 Å². The molecule has 1 saturated heterocycles. The Morgan fingerprint density at radius 2 is 2.06 bits per heavy atom. The van der Waals surface area contributed by atoms with Gasteiger partial charge < -0.3 is 5.73 Å². The highest BCUT2D eigenvalue weighted by molar-refractivity contribution is 5.23. The van der Waals surface area contributed by atoms with E-state index >= 15 is 0 Å². The van der Waals surface area contributed by atoms with Crippen LogP contribution in [-0.2, 0) is 13.1 Å². The number of hydrogen-bond acceptors (Lipinski definition) is 2. The molecule has 1 aromatic rings. The van der Waals surface area contributed by atoms with Crippen LogP contribution in [0.4, 0.5) is 0 Å². The van der Waals surface area contributed by atoms with Crippen LogP contribution < -0.4 is 5.73 Å². The molecule has 0 atom stereocenters. The van der Waals surface area contributed by atoms with Crippen molar-refractivity contribution in [3.63, 3.8) is 0 Å². The highest BCUT2D eigenvalue weighted by atomic mass is 15.2. The van der Waals surface area contributed by atoms with Gasteiger partial charge >= 0.3 is 0 Å². The molecule has 0 amide bonds. The fourth-order valence-corrected chi connectivity index (χ4v) is 2.51. The van der Waals surface area contributed by atoms with Crippen LogP contribution in [0.1, 0.15) is 30.9 Å². The van der Waals surface area contributed by atoms with Gasteiger partial charge in [0.1, 0.15) is 0 Å². The van der Waals surface area contributed by atoms with Crippen molar-refractivity contribution in [1.82, 2.24) is 4.90 Å². The molecular formula is C14H22N2. The second kappa shape index (κ2) is 5.46. The van der Waals surface area contributed by atoms with Gasteiger partial charge in [-0.15, -0.1) is 0 Å².